The predicted octanol–water partition coefficient (Wildman–Crippen LogP) is 3.33. The third kappa shape index (κ3) is 41.1. The van der Waals surface area contributed by atoms with Crippen LogP contribution in [0, 0.1) is 0 Å². The van der Waals surface area contributed by atoms with Crippen molar-refractivity contribution in [2.24, 2.45) is 0 Å². The number of aliphatic hydroxyl groups excluding tert-OH is 16. The number of aliphatic carboxylic acids is 2. The summed E-state index contributed by atoms with van der Waals surface area (Å²) in [6.07, 6.45) is -4.37. The minimum absolute atomic E-state index is 0.0390. The molecular weight excluding hydrogens is 1640 g/mol. The Morgan fingerprint density at radius 2 is 0.680 bits per heavy atom. The van der Waals surface area contributed by atoms with Crippen LogP contribution < -0.4 is 16.0 Å². The van der Waals surface area contributed by atoms with Gasteiger partial charge in [-0.1, -0.05) is 245 Å². The molecule has 0 bridgehead atoms. The zero-order valence-electron chi connectivity index (χ0n) is 74.2. The Labute approximate surface area is 737 Å². The average molecular weight is 1810 g/mol. The molecule has 0 unspecified atom stereocenters. The van der Waals surface area contributed by atoms with Crippen molar-refractivity contribution in [2.45, 2.75) is 475 Å². The Balaban J connectivity index is 0.934. The molecule has 5 aliphatic rings. The highest BCUT2D eigenvalue weighted by molar-refractivity contribution is 5.77. The summed E-state index contributed by atoms with van der Waals surface area (Å²) in [6.45, 7) is 2.17. The van der Waals surface area contributed by atoms with Crippen LogP contribution in [0.5, 0.6) is 0 Å². The van der Waals surface area contributed by atoms with Crippen molar-refractivity contribution in [3.05, 3.63) is 0 Å². The van der Waals surface area contributed by atoms with Gasteiger partial charge in [-0.25, -0.2) is 9.59 Å². The normalized spacial score (nSPS) is 31.0. The number of ether oxygens (including phenoxy) is 11. The van der Waals surface area contributed by atoms with Crippen molar-refractivity contribution in [3.63, 3.8) is 0 Å². The van der Waals surface area contributed by atoms with E-state index in [0.29, 0.717) is 51.5 Å². The molecule has 37 heteroatoms. The van der Waals surface area contributed by atoms with E-state index in [1.807, 2.05) is 0 Å². The van der Waals surface area contributed by atoms with E-state index in [1.54, 1.807) is 0 Å². The van der Waals surface area contributed by atoms with E-state index in [0.717, 1.165) is 51.4 Å². The van der Waals surface area contributed by atoms with Crippen molar-refractivity contribution in [2.75, 3.05) is 52.7 Å². The highest BCUT2D eigenvalue weighted by Gasteiger charge is 2.57. The number of carbonyl (C=O) groups excluding carboxylic acids is 3. The van der Waals surface area contributed by atoms with E-state index >= 15 is 0 Å². The minimum Gasteiger partial charge on any atom is -0.479 e. The van der Waals surface area contributed by atoms with Crippen molar-refractivity contribution in [1.82, 2.24) is 16.0 Å². The van der Waals surface area contributed by atoms with Gasteiger partial charge in [-0.15, -0.1) is 0 Å². The van der Waals surface area contributed by atoms with E-state index in [-0.39, 0.29) is 64.0 Å². The minimum atomic E-state index is -2.32. The molecule has 0 spiro atoms. The highest BCUT2D eigenvalue weighted by Crippen LogP contribution is 2.36. The molecule has 5 heterocycles. The van der Waals surface area contributed by atoms with Crippen LogP contribution in [0.3, 0.4) is 0 Å². The SMILES string of the molecule is CCCCCCCCCCCCCCCCCCCCCCCCCC(=O)N[C@@H](CO[C@H]1O[C@H](COCCCCCCNC(=O)CCCCC(=O)NCCO[C@@H]2O[C@H](CO)[C@@H](O[C@@H]3O[C@H](C(=O)O)[C@@H](O)[C@H](O[C@@H]4O[C@H](CO)[C@@H](O[C@@H]5O[C@H](C(=O)O)[C@@H](O)[C@H](O)[C@H]5O)[C@H](O)[C@H]4O)[C@H]3O)[C@H](O)[C@H]2O)[C@H](O)[C@H](O)[C@H]1O)[C@H](O)[C@H](O)CCCCCCCCCCCCCC. The summed E-state index contributed by atoms with van der Waals surface area (Å²) < 4.78 is 61.6. The van der Waals surface area contributed by atoms with Crippen molar-refractivity contribution < 1.29 is 168 Å². The van der Waals surface area contributed by atoms with Gasteiger partial charge in [0.25, 0.3) is 0 Å². The molecule has 0 aromatic carbocycles. The van der Waals surface area contributed by atoms with Gasteiger partial charge in [-0.05, 0) is 38.5 Å². The van der Waals surface area contributed by atoms with E-state index in [9.17, 15) is 116 Å². The lowest BCUT2D eigenvalue weighted by atomic mass is 9.95. The van der Waals surface area contributed by atoms with Crippen molar-refractivity contribution in [1.29, 1.82) is 0 Å². The molecule has 5 fully saturated rings. The van der Waals surface area contributed by atoms with Gasteiger partial charge in [-0.2, -0.15) is 0 Å². The van der Waals surface area contributed by atoms with E-state index in [2.05, 4.69) is 29.8 Å². The number of unbranched alkanes of at least 4 members (excludes halogenated alkanes) is 37. The maximum absolute atomic E-state index is 13.5. The van der Waals surface area contributed by atoms with Crippen LogP contribution in [0.4, 0.5) is 0 Å². The van der Waals surface area contributed by atoms with Crippen molar-refractivity contribution in [3.8, 4) is 0 Å². The summed E-state index contributed by atoms with van der Waals surface area (Å²) in [6, 6.07) is -1.07. The summed E-state index contributed by atoms with van der Waals surface area (Å²) in [5.41, 5.74) is 0. The number of carboxylic acid groups (broad SMARTS) is 2. The lowest BCUT2D eigenvalue weighted by Gasteiger charge is -2.48. The summed E-state index contributed by atoms with van der Waals surface area (Å²) in [5, 5.41) is 202. The average Bonchev–Trinajstić information content (AvgIpc) is 0.767. The first kappa shape index (κ1) is 112. The third-order valence-electron chi connectivity index (χ3n) is 24.3. The Morgan fingerprint density at radius 1 is 0.328 bits per heavy atom. The Bertz CT molecular complexity index is 2820. The zero-order valence-corrected chi connectivity index (χ0v) is 74.2. The Hall–Kier alpha value is -3.73. The highest BCUT2D eigenvalue weighted by atomic mass is 16.8. The second kappa shape index (κ2) is 65.0. The van der Waals surface area contributed by atoms with Gasteiger partial charge in [-0.3, -0.25) is 14.4 Å². The number of hydrogen-bond acceptors (Lipinski definition) is 32. The standard InChI is InChI=1S/C88H161N3O34/c1-3-5-7-9-11-13-15-17-18-19-20-21-22-23-24-25-26-27-29-31-33-35-39-47-63(97)91-56(64(98)57(94)44-38-34-32-30-28-16-14-12-10-8-6-4-2)54-117-85-71(105)66(100)65(99)60(120-85)55-115-50-43-37-36-42-48-89-61(95)45-40-41-46-62(96)90-49-51-116-84-73(107)69(103)77(58(52-92)118-84)122-88-76(110)79(75(109)81(125-88)83(113)114)123-86-74(108)70(104)78(59(53-93)119-86)121-87-72(106)67(101)68(102)80(124-87)82(111)112/h56-60,64-81,84-88,92-94,98-110H,3-55H2,1-2H3,(H,89,95)(H,90,96)(H,91,97)(H,111,112)(H,113,114)/t56-,57+,58+,59+,60+,64-,65-,66-,67-,68-,69+,70+,71+,72+,73+,74+,75-,76+,77+,78+,79-,80-,81-,84+,85-,86-,87+,88+/m0/s1. The summed E-state index contributed by atoms with van der Waals surface area (Å²) in [7, 11) is 0. The molecule has 21 N–H and O–H groups in total. The van der Waals surface area contributed by atoms with E-state index in [1.165, 1.54) is 173 Å². The maximum Gasteiger partial charge on any atom is 0.335 e. The van der Waals surface area contributed by atoms with Gasteiger partial charge in [0.1, 0.15) is 116 Å². The van der Waals surface area contributed by atoms with E-state index < -0.39 is 203 Å². The first-order valence-corrected chi connectivity index (χ1v) is 47.3. The number of nitrogens with one attached hydrogen (secondary N) is 3. The molecule has 5 rings (SSSR count). The molecule has 0 aromatic rings. The topological polar surface area (TPSA) is 587 Å². The fourth-order valence-corrected chi connectivity index (χ4v) is 16.5. The Morgan fingerprint density at radius 3 is 1.16 bits per heavy atom. The molecule has 0 radical (unpaired) electrons. The molecule has 0 aliphatic carbocycles. The predicted molar refractivity (Wildman–Crippen MR) is 451 cm³/mol. The Kier molecular flexibility index (Phi) is 58.1. The second-order valence-electron chi connectivity index (χ2n) is 34.7. The summed E-state index contributed by atoms with van der Waals surface area (Å²) in [4.78, 5) is 62.8. The molecule has 37 nitrogen and oxygen atoms in total. The van der Waals surface area contributed by atoms with Crippen LogP contribution in [-0.4, -0.2) is 346 Å². The quantitative estimate of drug-likeness (QED) is 0.0388. The fourth-order valence-electron chi connectivity index (χ4n) is 16.5. The van der Waals surface area contributed by atoms with Gasteiger partial charge in [0, 0.05) is 39.0 Å². The molecule has 0 saturated carbocycles. The summed E-state index contributed by atoms with van der Waals surface area (Å²) >= 11 is 0. The molecule has 732 valence electrons. The molecule has 5 aliphatic heterocycles. The molecule has 28 atom stereocenters. The molecule has 125 heavy (non-hydrogen) atoms. The lowest BCUT2D eigenvalue weighted by Crippen LogP contribution is -2.68. The van der Waals surface area contributed by atoms with Crippen molar-refractivity contribution >= 4 is 29.7 Å². The summed E-state index contributed by atoms with van der Waals surface area (Å²) in [5.74, 6) is -4.56. The van der Waals surface area contributed by atoms with E-state index in [4.69, 9.17) is 52.1 Å². The number of aliphatic hydroxyl groups is 16. The number of rotatable bonds is 71. The molecule has 0 aromatic heterocycles. The molecular formula is C88H161N3O34. The monoisotopic (exact) mass is 1800 g/mol. The first-order valence-electron chi connectivity index (χ1n) is 47.3. The number of carboxylic acids is 2. The number of hydrogen-bond donors (Lipinski definition) is 21. The first-order chi connectivity index (χ1) is 60.2. The lowest BCUT2D eigenvalue weighted by molar-refractivity contribution is -0.385. The van der Waals surface area contributed by atoms with Crippen LogP contribution in [0.25, 0.3) is 0 Å². The number of amides is 3. The second-order valence-corrected chi connectivity index (χ2v) is 34.7. The molecule has 3 amide bonds. The van der Waals surface area contributed by atoms with Crippen LogP contribution in [0.15, 0.2) is 0 Å². The van der Waals surface area contributed by atoms with Crippen LogP contribution in [0.2, 0.25) is 0 Å². The zero-order chi connectivity index (χ0) is 91.4. The third-order valence-corrected chi connectivity index (χ3v) is 24.3. The largest absolute Gasteiger partial charge is 0.479 e. The maximum atomic E-state index is 13.5. The van der Waals surface area contributed by atoms with Gasteiger partial charge >= 0.3 is 11.9 Å². The van der Waals surface area contributed by atoms with Gasteiger partial charge in [0.15, 0.2) is 43.7 Å². The van der Waals surface area contributed by atoms with Crippen LogP contribution >= 0.6 is 0 Å². The number of carbonyl (C=O) groups is 5. The van der Waals surface area contributed by atoms with Crippen LogP contribution in [0.1, 0.15) is 303 Å². The van der Waals surface area contributed by atoms with Gasteiger partial charge in [0.2, 0.25) is 17.7 Å². The smallest absolute Gasteiger partial charge is 0.335 e. The van der Waals surface area contributed by atoms with Gasteiger partial charge < -0.3 is 160 Å². The fraction of sp³-hybridized carbons (Fsp3) is 0.943. The molecule has 5 saturated heterocycles. The van der Waals surface area contributed by atoms with Crippen LogP contribution in [-0.2, 0) is 76.1 Å². The van der Waals surface area contributed by atoms with Gasteiger partial charge in [0.05, 0.1) is 45.2 Å².